The molecule has 0 heterocycles. The molecular formula is C15H27NO2. The number of ether oxygens (including phenoxy) is 1. The van der Waals surface area contributed by atoms with Crippen molar-refractivity contribution in [3.8, 4) is 0 Å². The molecule has 0 saturated heterocycles. The molecule has 0 bridgehead atoms. The minimum Gasteiger partial charge on any atom is -0.382 e. The van der Waals surface area contributed by atoms with Crippen molar-refractivity contribution in [2.75, 3.05) is 19.8 Å². The van der Waals surface area contributed by atoms with Crippen LogP contribution in [0.2, 0.25) is 0 Å². The maximum absolute atomic E-state index is 12.1. The van der Waals surface area contributed by atoms with Crippen molar-refractivity contribution in [3.63, 3.8) is 0 Å². The molecule has 3 nitrogen and oxygen atoms in total. The first-order valence-electron chi connectivity index (χ1n) is 6.91. The summed E-state index contributed by atoms with van der Waals surface area (Å²) in [7, 11) is 0. The first-order chi connectivity index (χ1) is 8.41. The van der Waals surface area contributed by atoms with Gasteiger partial charge in [-0.25, -0.2) is 0 Å². The van der Waals surface area contributed by atoms with E-state index in [4.69, 9.17) is 4.74 Å². The summed E-state index contributed by atoms with van der Waals surface area (Å²) in [5.41, 5.74) is 1.40. The Morgan fingerprint density at radius 2 is 2.06 bits per heavy atom. The van der Waals surface area contributed by atoms with Gasteiger partial charge in [-0.05, 0) is 38.5 Å². The van der Waals surface area contributed by atoms with Gasteiger partial charge in [0.25, 0.3) is 0 Å². The molecule has 1 amide bonds. The second-order valence-electron chi connectivity index (χ2n) is 5.91. The molecule has 1 rings (SSSR count). The van der Waals surface area contributed by atoms with Gasteiger partial charge < -0.3 is 10.1 Å². The summed E-state index contributed by atoms with van der Waals surface area (Å²) in [5.74, 6) is 0.730. The number of nitrogens with one attached hydrogen (secondary N) is 1. The van der Waals surface area contributed by atoms with Gasteiger partial charge in [-0.15, -0.1) is 0 Å². The van der Waals surface area contributed by atoms with Gasteiger partial charge in [0, 0.05) is 19.8 Å². The topological polar surface area (TPSA) is 38.3 Å². The fourth-order valence-corrected chi connectivity index (χ4v) is 2.49. The minimum absolute atomic E-state index is 0.112. The van der Waals surface area contributed by atoms with Gasteiger partial charge in [0.05, 0.1) is 5.92 Å². The Labute approximate surface area is 111 Å². The molecule has 1 aliphatic carbocycles. The van der Waals surface area contributed by atoms with Crippen LogP contribution in [0, 0.1) is 17.3 Å². The number of hydrogen-bond acceptors (Lipinski definition) is 2. The SMILES string of the molecule is CCOCCCNC(=O)C1C(C=C(C)C)C1(C)C. The van der Waals surface area contributed by atoms with Crippen molar-refractivity contribution < 1.29 is 9.53 Å². The van der Waals surface area contributed by atoms with Crippen molar-refractivity contribution in [1.82, 2.24) is 5.32 Å². The van der Waals surface area contributed by atoms with E-state index in [0.29, 0.717) is 12.5 Å². The van der Waals surface area contributed by atoms with Gasteiger partial charge in [-0.1, -0.05) is 25.5 Å². The van der Waals surface area contributed by atoms with Crippen molar-refractivity contribution in [3.05, 3.63) is 11.6 Å². The Balaban J connectivity index is 2.33. The lowest BCUT2D eigenvalue weighted by Gasteiger charge is -2.06. The van der Waals surface area contributed by atoms with Crippen molar-refractivity contribution in [2.24, 2.45) is 17.3 Å². The molecule has 0 radical (unpaired) electrons. The molecule has 0 aromatic rings. The van der Waals surface area contributed by atoms with E-state index in [1.165, 1.54) is 5.57 Å². The molecule has 0 aromatic carbocycles. The van der Waals surface area contributed by atoms with Crippen LogP contribution in [0.25, 0.3) is 0 Å². The summed E-state index contributed by atoms with van der Waals surface area (Å²) in [6, 6.07) is 0. The van der Waals surface area contributed by atoms with E-state index in [1.54, 1.807) is 0 Å². The number of allylic oxidation sites excluding steroid dienone is 2. The van der Waals surface area contributed by atoms with E-state index in [0.717, 1.165) is 19.6 Å². The molecule has 0 aliphatic heterocycles. The maximum atomic E-state index is 12.1. The number of carbonyl (C=O) groups is 1. The summed E-state index contributed by atoms with van der Waals surface area (Å²) < 4.78 is 5.25. The summed E-state index contributed by atoms with van der Waals surface area (Å²) in [5, 5.41) is 3.01. The molecule has 1 N–H and O–H groups in total. The predicted molar refractivity (Wildman–Crippen MR) is 74.3 cm³/mol. The largest absolute Gasteiger partial charge is 0.382 e. The summed E-state index contributed by atoms with van der Waals surface area (Å²) in [4.78, 5) is 12.1. The van der Waals surface area contributed by atoms with Crippen LogP contribution in [0.1, 0.15) is 41.0 Å². The van der Waals surface area contributed by atoms with E-state index in [1.807, 2.05) is 6.92 Å². The Morgan fingerprint density at radius 1 is 1.39 bits per heavy atom. The normalized spacial score (nSPS) is 24.5. The molecule has 1 saturated carbocycles. The van der Waals surface area contributed by atoms with Crippen LogP contribution < -0.4 is 5.32 Å². The fourth-order valence-electron chi connectivity index (χ4n) is 2.49. The molecule has 0 spiro atoms. The molecule has 2 atom stereocenters. The van der Waals surface area contributed by atoms with Crippen LogP contribution in [0.15, 0.2) is 11.6 Å². The molecule has 1 aliphatic rings. The summed E-state index contributed by atoms with van der Waals surface area (Å²) >= 11 is 0. The summed E-state index contributed by atoms with van der Waals surface area (Å²) in [6.45, 7) is 12.7. The van der Waals surface area contributed by atoms with Crippen LogP contribution in [0.5, 0.6) is 0 Å². The van der Waals surface area contributed by atoms with Gasteiger partial charge in [0.2, 0.25) is 5.91 Å². The highest BCUT2D eigenvalue weighted by Gasteiger charge is 2.60. The lowest BCUT2D eigenvalue weighted by molar-refractivity contribution is -0.123. The molecule has 3 heteroatoms. The first kappa shape index (κ1) is 15.2. The Bertz CT molecular complexity index is 316. The van der Waals surface area contributed by atoms with E-state index < -0.39 is 0 Å². The molecule has 104 valence electrons. The molecule has 18 heavy (non-hydrogen) atoms. The van der Waals surface area contributed by atoms with Crippen LogP contribution >= 0.6 is 0 Å². The highest BCUT2D eigenvalue weighted by Crippen LogP contribution is 2.59. The van der Waals surface area contributed by atoms with Crippen molar-refractivity contribution in [1.29, 1.82) is 0 Å². The van der Waals surface area contributed by atoms with E-state index in [2.05, 4.69) is 39.1 Å². The van der Waals surface area contributed by atoms with Crippen LogP contribution in [0.3, 0.4) is 0 Å². The van der Waals surface area contributed by atoms with E-state index >= 15 is 0 Å². The Hall–Kier alpha value is -0.830. The lowest BCUT2D eigenvalue weighted by atomic mass is 10.1. The van der Waals surface area contributed by atoms with Crippen LogP contribution in [-0.2, 0) is 9.53 Å². The van der Waals surface area contributed by atoms with Gasteiger partial charge in [-0.3, -0.25) is 4.79 Å². The van der Waals surface area contributed by atoms with E-state index in [-0.39, 0.29) is 17.2 Å². The zero-order chi connectivity index (χ0) is 13.8. The highest BCUT2D eigenvalue weighted by molar-refractivity contribution is 5.83. The summed E-state index contributed by atoms with van der Waals surface area (Å²) in [6.07, 6.45) is 3.12. The second-order valence-corrected chi connectivity index (χ2v) is 5.91. The third kappa shape index (κ3) is 3.84. The third-order valence-electron chi connectivity index (χ3n) is 3.67. The van der Waals surface area contributed by atoms with Crippen LogP contribution in [-0.4, -0.2) is 25.7 Å². The Morgan fingerprint density at radius 3 is 2.61 bits per heavy atom. The average Bonchev–Trinajstić information content (AvgIpc) is 2.79. The number of rotatable bonds is 7. The maximum Gasteiger partial charge on any atom is 0.224 e. The predicted octanol–water partition coefficient (Wildman–Crippen LogP) is 2.77. The van der Waals surface area contributed by atoms with Crippen molar-refractivity contribution in [2.45, 2.75) is 41.0 Å². The minimum atomic E-state index is 0.112. The van der Waals surface area contributed by atoms with Crippen molar-refractivity contribution >= 4 is 5.91 Å². The molecule has 2 unspecified atom stereocenters. The monoisotopic (exact) mass is 253 g/mol. The van der Waals surface area contributed by atoms with Gasteiger partial charge in [-0.2, -0.15) is 0 Å². The quantitative estimate of drug-likeness (QED) is 0.559. The Kier molecular flexibility index (Phi) is 5.39. The standard InChI is InChI=1S/C15H27NO2/c1-6-18-9-7-8-16-14(17)13-12(10-11(2)3)15(13,4)5/h10,12-13H,6-9H2,1-5H3,(H,16,17). The first-order valence-corrected chi connectivity index (χ1v) is 6.91. The van der Waals surface area contributed by atoms with E-state index in [9.17, 15) is 4.79 Å². The zero-order valence-electron chi connectivity index (χ0n) is 12.4. The van der Waals surface area contributed by atoms with Gasteiger partial charge in [0.1, 0.15) is 0 Å². The fraction of sp³-hybridized carbons (Fsp3) is 0.800. The lowest BCUT2D eigenvalue weighted by Crippen LogP contribution is -2.28. The number of amides is 1. The molecule has 1 fully saturated rings. The second kappa shape index (κ2) is 6.37. The van der Waals surface area contributed by atoms with Gasteiger partial charge >= 0.3 is 0 Å². The highest BCUT2D eigenvalue weighted by atomic mass is 16.5. The average molecular weight is 253 g/mol. The third-order valence-corrected chi connectivity index (χ3v) is 3.67. The molecular weight excluding hydrogens is 226 g/mol. The molecule has 0 aromatic heterocycles. The number of hydrogen-bond donors (Lipinski definition) is 1. The van der Waals surface area contributed by atoms with Crippen LogP contribution in [0.4, 0.5) is 0 Å². The van der Waals surface area contributed by atoms with Gasteiger partial charge in [0.15, 0.2) is 0 Å². The smallest absolute Gasteiger partial charge is 0.224 e. The number of carbonyl (C=O) groups excluding carboxylic acids is 1. The zero-order valence-corrected chi connectivity index (χ0v) is 12.4.